The summed E-state index contributed by atoms with van der Waals surface area (Å²) in [5.41, 5.74) is 5.30. The molecular weight excluding hydrogens is 216 g/mol. The van der Waals surface area contributed by atoms with Crippen LogP contribution in [0.1, 0.15) is 26.2 Å². The molecule has 1 unspecified atom stereocenters. The number of rotatable bonds is 4. The molecule has 4 nitrogen and oxygen atoms in total. The number of hydrogen-bond acceptors (Lipinski definition) is 3. The number of nitrogens with one attached hydrogen (secondary N) is 1. The Bertz CT molecular complexity index is 184. The van der Waals surface area contributed by atoms with Gasteiger partial charge in [-0.05, 0) is 25.7 Å². The monoisotopic (exact) mass is 236 g/mol. The van der Waals surface area contributed by atoms with Crippen molar-refractivity contribution in [3.05, 3.63) is 0 Å². The summed E-state index contributed by atoms with van der Waals surface area (Å²) < 4.78 is 5.27. The van der Waals surface area contributed by atoms with Crippen LogP contribution < -0.4 is 11.1 Å². The fraction of sp³-hybridized carbons (Fsp3) is 0.900. The van der Waals surface area contributed by atoms with E-state index in [-0.39, 0.29) is 24.4 Å². The van der Waals surface area contributed by atoms with Gasteiger partial charge < -0.3 is 15.8 Å². The molecule has 1 aliphatic rings. The summed E-state index contributed by atoms with van der Waals surface area (Å²) in [7, 11) is 0. The van der Waals surface area contributed by atoms with Crippen molar-refractivity contribution in [1.82, 2.24) is 5.32 Å². The fourth-order valence-corrected chi connectivity index (χ4v) is 1.79. The van der Waals surface area contributed by atoms with Crippen LogP contribution in [-0.4, -0.2) is 31.7 Å². The van der Waals surface area contributed by atoms with Crippen molar-refractivity contribution in [3.8, 4) is 0 Å². The van der Waals surface area contributed by atoms with Gasteiger partial charge in [-0.15, -0.1) is 12.4 Å². The topological polar surface area (TPSA) is 64.4 Å². The number of halogens is 1. The van der Waals surface area contributed by atoms with E-state index in [0.717, 1.165) is 26.1 Å². The molecule has 0 aromatic carbocycles. The van der Waals surface area contributed by atoms with Crippen molar-refractivity contribution in [2.75, 3.05) is 19.8 Å². The highest BCUT2D eigenvalue weighted by atomic mass is 35.5. The average molecular weight is 237 g/mol. The largest absolute Gasteiger partial charge is 0.381 e. The maximum absolute atomic E-state index is 11.3. The quantitative estimate of drug-likeness (QED) is 0.755. The molecule has 1 amide bonds. The Morgan fingerprint density at radius 2 is 2.13 bits per heavy atom. The molecular formula is C10H21ClN2O2. The number of nitrogens with two attached hydrogens (primary N) is 1. The van der Waals surface area contributed by atoms with Gasteiger partial charge in [0.15, 0.2) is 0 Å². The van der Waals surface area contributed by atoms with E-state index in [9.17, 15) is 4.79 Å². The van der Waals surface area contributed by atoms with Crippen LogP contribution >= 0.6 is 12.4 Å². The molecule has 1 aliphatic heterocycles. The standard InChI is InChI=1S/C10H20N2O2.ClH/c1-8(12-10(13)2-5-11)9-3-6-14-7-4-9;/h8-9H,2-7,11H2,1H3,(H,12,13);1H. The van der Waals surface area contributed by atoms with Crippen LogP contribution in [0, 0.1) is 5.92 Å². The summed E-state index contributed by atoms with van der Waals surface area (Å²) in [4.78, 5) is 11.3. The number of ether oxygens (including phenoxy) is 1. The lowest BCUT2D eigenvalue weighted by atomic mass is 9.93. The first-order chi connectivity index (χ1) is 6.74. The highest BCUT2D eigenvalue weighted by molar-refractivity contribution is 5.85. The van der Waals surface area contributed by atoms with Crippen molar-refractivity contribution in [2.45, 2.75) is 32.2 Å². The number of carbonyl (C=O) groups is 1. The van der Waals surface area contributed by atoms with Crippen LogP contribution in [0.5, 0.6) is 0 Å². The molecule has 0 aromatic rings. The Kier molecular flexibility index (Phi) is 7.74. The van der Waals surface area contributed by atoms with Crippen molar-refractivity contribution in [1.29, 1.82) is 0 Å². The second-order valence-corrected chi connectivity index (χ2v) is 3.84. The molecule has 0 radical (unpaired) electrons. The van der Waals surface area contributed by atoms with Gasteiger partial charge in [0.25, 0.3) is 0 Å². The Hall–Kier alpha value is -0.320. The Balaban J connectivity index is 0.00000196. The molecule has 0 aliphatic carbocycles. The van der Waals surface area contributed by atoms with Crippen molar-refractivity contribution in [3.63, 3.8) is 0 Å². The van der Waals surface area contributed by atoms with Crippen LogP contribution in [0.2, 0.25) is 0 Å². The normalized spacial score (nSPS) is 19.1. The predicted molar refractivity (Wildman–Crippen MR) is 62.1 cm³/mol. The van der Waals surface area contributed by atoms with Gasteiger partial charge in [-0.2, -0.15) is 0 Å². The molecule has 5 heteroatoms. The highest BCUT2D eigenvalue weighted by Gasteiger charge is 2.21. The lowest BCUT2D eigenvalue weighted by Gasteiger charge is -2.28. The molecule has 1 heterocycles. The van der Waals surface area contributed by atoms with Crippen LogP contribution in [0.3, 0.4) is 0 Å². The van der Waals surface area contributed by atoms with E-state index in [4.69, 9.17) is 10.5 Å². The minimum Gasteiger partial charge on any atom is -0.381 e. The van der Waals surface area contributed by atoms with Crippen molar-refractivity contribution >= 4 is 18.3 Å². The molecule has 0 spiro atoms. The van der Waals surface area contributed by atoms with E-state index in [0.29, 0.717) is 18.9 Å². The molecule has 0 saturated carbocycles. The first-order valence-corrected chi connectivity index (χ1v) is 5.31. The first kappa shape index (κ1) is 14.7. The van der Waals surface area contributed by atoms with Crippen LogP contribution in [0.15, 0.2) is 0 Å². The van der Waals surface area contributed by atoms with Gasteiger partial charge in [0.2, 0.25) is 5.91 Å². The van der Waals surface area contributed by atoms with E-state index in [1.54, 1.807) is 0 Å². The second kappa shape index (κ2) is 7.91. The Morgan fingerprint density at radius 3 is 2.67 bits per heavy atom. The predicted octanol–water partition coefficient (Wildman–Crippen LogP) is 0.688. The molecule has 3 N–H and O–H groups in total. The van der Waals surface area contributed by atoms with Gasteiger partial charge in [-0.3, -0.25) is 4.79 Å². The Morgan fingerprint density at radius 1 is 1.53 bits per heavy atom. The molecule has 1 fully saturated rings. The summed E-state index contributed by atoms with van der Waals surface area (Å²) >= 11 is 0. The van der Waals surface area contributed by atoms with E-state index < -0.39 is 0 Å². The number of amides is 1. The van der Waals surface area contributed by atoms with E-state index in [1.807, 2.05) is 0 Å². The molecule has 1 saturated heterocycles. The minimum absolute atomic E-state index is 0. The van der Waals surface area contributed by atoms with Crippen molar-refractivity contribution in [2.24, 2.45) is 11.7 Å². The maximum Gasteiger partial charge on any atom is 0.221 e. The summed E-state index contributed by atoms with van der Waals surface area (Å²) in [5.74, 6) is 0.622. The third-order valence-corrected chi connectivity index (χ3v) is 2.73. The highest BCUT2D eigenvalue weighted by Crippen LogP contribution is 2.18. The van der Waals surface area contributed by atoms with Gasteiger partial charge in [-0.25, -0.2) is 0 Å². The third kappa shape index (κ3) is 5.35. The van der Waals surface area contributed by atoms with Crippen molar-refractivity contribution < 1.29 is 9.53 Å². The van der Waals surface area contributed by atoms with Crippen LogP contribution in [-0.2, 0) is 9.53 Å². The third-order valence-electron chi connectivity index (χ3n) is 2.73. The zero-order valence-corrected chi connectivity index (χ0v) is 10.0. The van der Waals surface area contributed by atoms with E-state index in [1.165, 1.54) is 0 Å². The second-order valence-electron chi connectivity index (χ2n) is 3.84. The minimum atomic E-state index is 0. The zero-order chi connectivity index (χ0) is 10.4. The maximum atomic E-state index is 11.3. The molecule has 0 bridgehead atoms. The summed E-state index contributed by atoms with van der Waals surface area (Å²) in [6.45, 7) is 4.13. The van der Waals surface area contributed by atoms with Gasteiger partial charge in [-0.1, -0.05) is 0 Å². The first-order valence-electron chi connectivity index (χ1n) is 5.31. The van der Waals surface area contributed by atoms with Crippen LogP contribution in [0.4, 0.5) is 0 Å². The lowest BCUT2D eigenvalue weighted by Crippen LogP contribution is -2.40. The van der Waals surface area contributed by atoms with Gasteiger partial charge in [0.1, 0.15) is 0 Å². The smallest absolute Gasteiger partial charge is 0.221 e. The Labute approximate surface area is 97.3 Å². The van der Waals surface area contributed by atoms with Gasteiger partial charge in [0.05, 0.1) is 0 Å². The summed E-state index contributed by atoms with van der Waals surface area (Å²) in [6.07, 6.45) is 2.52. The number of carbonyl (C=O) groups excluding carboxylic acids is 1. The zero-order valence-electron chi connectivity index (χ0n) is 9.20. The average Bonchev–Trinajstić information content (AvgIpc) is 2.19. The molecule has 0 aromatic heterocycles. The van der Waals surface area contributed by atoms with Gasteiger partial charge >= 0.3 is 0 Å². The van der Waals surface area contributed by atoms with E-state index >= 15 is 0 Å². The van der Waals surface area contributed by atoms with E-state index in [2.05, 4.69) is 12.2 Å². The lowest BCUT2D eigenvalue weighted by molar-refractivity contribution is -0.122. The fourth-order valence-electron chi connectivity index (χ4n) is 1.79. The molecule has 1 atom stereocenters. The SMILES string of the molecule is CC(NC(=O)CCN)C1CCOCC1.Cl. The molecule has 15 heavy (non-hydrogen) atoms. The summed E-state index contributed by atoms with van der Waals surface area (Å²) in [5, 5.41) is 2.98. The number of hydrogen-bond donors (Lipinski definition) is 2. The molecule has 90 valence electrons. The van der Waals surface area contributed by atoms with Gasteiger partial charge in [0, 0.05) is 32.2 Å². The molecule has 1 rings (SSSR count). The van der Waals surface area contributed by atoms with Crippen LogP contribution in [0.25, 0.3) is 0 Å². The summed E-state index contributed by atoms with van der Waals surface area (Å²) in [6, 6.07) is 0.248.